The smallest absolute Gasteiger partial charge is 0.337 e. The maximum atomic E-state index is 11.5. The van der Waals surface area contributed by atoms with E-state index in [0.29, 0.717) is 5.56 Å². The average molecular weight is 383 g/mol. The number of rotatable bonds is 8. The van der Waals surface area contributed by atoms with E-state index in [9.17, 15) is 4.79 Å². The molecule has 28 heavy (non-hydrogen) atoms. The van der Waals surface area contributed by atoms with Crippen molar-refractivity contribution in [2.45, 2.75) is 19.8 Å². The fourth-order valence-corrected chi connectivity index (χ4v) is 2.89. The van der Waals surface area contributed by atoms with Gasteiger partial charge in [-0.3, -0.25) is 4.99 Å². The van der Waals surface area contributed by atoms with Crippen LogP contribution in [-0.4, -0.2) is 46.3 Å². The van der Waals surface area contributed by atoms with Crippen molar-refractivity contribution < 1.29 is 14.3 Å². The Kier molecular flexibility index (Phi) is 8.34. The maximum absolute atomic E-state index is 11.5. The molecular weight excluding hydrogens is 354 g/mol. The Bertz CT molecular complexity index is 801. The third kappa shape index (κ3) is 6.30. The maximum Gasteiger partial charge on any atom is 0.337 e. The molecule has 0 aromatic heterocycles. The van der Waals surface area contributed by atoms with Crippen molar-refractivity contribution in [1.82, 2.24) is 10.6 Å². The highest BCUT2D eigenvalue weighted by Gasteiger charge is 2.06. The second kappa shape index (κ2) is 11.0. The third-order valence-corrected chi connectivity index (χ3v) is 4.43. The topological polar surface area (TPSA) is 72.0 Å². The van der Waals surface area contributed by atoms with Crippen LogP contribution in [0.3, 0.4) is 0 Å². The van der Waals surface area contributed by atoms with E-state index < -0.39 is 0 Å². The van der Waals surface area contributed by atoms with E-state index >= 15 is 0 Å². The van der Waals surface area contributed by atoms with Gasteiger partial charge < -0.3 is 20.1 Å². The van der Waals surface area contributed by atoms with E-state index in [-0.39, 0.29) is 5.97 Å². The highest BCUT2D eigenvalue weighted by Crippen LogP contribution is 2.19. The molecule has 0 unspecified atom stereocenters. The number of benzene rings is 2. The van der Waals surface area contributed by atoms with E-state index in [1.807, 2.05) is 24.3 Å². The molecule has 0 atom stereocenters. The highest BCUT2D eigenvalue weighted by atomic mass is 16.5. The lowest BCUT2D eigenvalue weighted by Crippen LogP contribution is -2.39. The minimum Gasteiger partial charge on any atom is -0.496 e. The van der Waals surface area contributed by atoms with Gasteiger partial charge in [-0.05, 0) is 49.1 Å². The number of ether oxygens (including phenoxy) is 2. The summed E-state index contributed by atoms with van der Waals surface area (Å²) in [6.07, 6.45) is 1.67. The van der Waals surface area contributed by atoms with E-state index in [4.69, 9.17) is 9.47 Å². The van der Waals surface area contributed by atoms with Crippen molar-refractivity contribution in [1.29, 1.82) is 0 Å². The van der Waals surface area contributed by atoms with Gasteiger partial charge in [-0.15, -0.1) is 0 Å². The van der Waals surface area contributed by atoms with Crippen molar-refractivity contribution in [3.8, 4) is 5.75 Å². The van der Waals surface area contributed by atoms with Crippen molar-refractivity contribution in [2.24, 2.45) is 4.99 Å². The number of carbonyl (C=O) groups excluding carboxylic acids is 1. The quantitative estimate of drug-likeness (QED) is 0.417. The SMILES string of the molecule is CN=C(NCCc1ccc(C(=O)OC)cc1)NCCc1cc(C)ccc1OC. The number of aryl methyl sites for hydroxylation is 1. The van der Waals surface area contributed by atoms with Crippen LogP contribution in [0.25, 0.3) is 0 Å². The molecule has 0 radical (unpaired) electrons. The summed E-state index contributed by atoms with van der Waals surface area (Å²) in [5, 5.41) is 6.64. The molecule has 0 aliphatic rings. The van der Waals surface area contributed by atoms with Crippen LogP contribution in [0.15, 0.2) is 47.5 Å². The minimum atomic E-state index is -0.320. The predicted octanol–water partition coefficient (Wildman–Crippen LogP) is 2.74. The molecule has 0 spiro atoms. The van der Waals surface area contributed by atoms with Crippen molar-refractivity contribution in [2.75, 3.05) is 34.4 Å². The van der Waals surface area contributed by atoms with Crippen LogP contribution in [-0.2, 0) is 17.6 Å². The molecule has 150 valence electrons. The Labute approximate surface area is 167 Å². The van der Waals surface area contributed by atoms with E-state index in [2.05, 4.69) is 28.6 Å². The molecule has 0 fully saturated rings. The first-order chi connectivity index (χ1) is 13.6. The monoisotopic (exact) mass is 383 g/mol. The molecular formula is C22H29N3O3. The number of hydrogen-bond acceptors (Lipinski definition) is 4. The fourth-order valence-electron chi connectivity index (χ4n) is 2.89. The van der Waals surface area contributed by atoms with Crippen LogP contribution in [0.5, 0.6) is 5.75 Å². The molecule has 0 saturated heterocycles. The summed E-state index contributed by atoms with van der Waals surface area (Å²) in [5.41, 5.74) is 4.09. The number of nitrogens with one attached hydrogen (secondary N) is 2. The fraction of sp³-hybridized carbons (Fsp3) is 0.364. The Morgan fingerprint density at radius 1 is 1.00 bits per heavy atom. The Balaban J connectivity index is 1.77. The van der Waals surface area contributed by atoms with E-state index in [0.717, 1.165) is 43.2 Å². The summed E-state index contributed by atoms with van der Waals surface area (Å²) in [6, 6.07) is 13.6. The molecule has 0 saturated carbocycles. The zero-order chi connectivity index (χ0) is 20.4. The molecule has 6 nitrogen and oxygen atoms in total. The molecule has 2 aromatic carbocycles. The lowest BCUT2D eigenvalue weighted by Gasteiger charge is -2.13. The Hall–Kier alpha value is -3.02. The first-order valence-electron chi connectivity index (χ1n) is 9.32. The lowest BCUT2D eigenvalue weighted by molar-refractivity contribution is 0.0600. The zero-order valence-electron chi connectivity index (χ0n) is 17.0. The number of esters is 1. The Morgan fingerprint density at radius 3 is 2.29 bits per heavy atom. The second-order valence-corrected chi connectivity index (χ2v) is 6.43. The van der Waals surface area contributed by atoms with Crippen molar-refractivity contribution in [3.05, 3.63) is 64.7 Å². The van der Waals surface area contributed by atoms with Gasteiger partial charge in [-0.2, -0.15) is 0 Å². The number of guanidine groups is 1. The molecule has 2 aromatic rings. The Morgan fingerprint density at radius 2 is 1.68 bits per heavy atom. The summed E-state index contributed by atoms with van der Waals surface area (Å²) in [6.45, 7) is 3.58. The minimum absolute atomic E-state index is 0.320. The summed E-state index contributed by atoms with van der Waals surface area (Å²) >= 11 is 0. The normalized spacial score (nSPS) is 11.1. The van der Waals surface area contributed by atoms with Gasteiger partial charge in [0.05, 0.1) is 19.8 Å². The van der Waals surface area contributed by atoms with Gasteiger partial charge in [-0.25, -0.2) is 4.79 Å². The first-order valence-corrected chi connectivity index (χ1v) is 9.32. The summed E-state index contributed by atoms with van der Waals surface area (Å²) < 4.78 is 10.1. The van der Waals surface area contributed by atoms with Gasteiger partial charge in [0.2, 0.25) is 0 Å². The third-order valence-electron chi connectivity index (χ3n) is 4.43. The molecule has 0 heterocycles. The first kappa shape index (κ1) is 21.3. The van der Waals surface area contributed by atoms with Crippen LogP contribution in [0, 0.1) is 6.92 Å². The van der Waals surface area contributed by atoms with Gasteiger partial charge in [-0.1, -0.05) is 29.8 Å². The molecule has 2 N–H and O–H groups in total. The lowest BCUT2D eigenvalue weighted by atomic mass is 10.1. The van der Waals surface area contributed by atoms with Gasteiger partial charge in [0, 0.05) is 20.1 Å². The van der Waals surface area contributed by atoms with Gasteiger partial charge in [0.1, 0.15) is 5.75 Å². The number of hydrogen-bond donors (Lipinski definition) is 2. The number of nitrogens with zero attached hydrogens (tertiary/aromatic N) is 1. The largest absolute Gasteiger partial charge is 0.496 e. The van der Waals surface area contributed by atoms with Crippen molar-refractivity contribution >= 4 is 11.9 Å². The molecule has 0 aliphatic heterocycles. The predicted molar refractivity (Wildman–Crippen MR) is 112 cm³/mol. The van der Waals surface area contributed by atoms with Gasteiger partial charge in [0.15, 0.2) is 5.96 Å². The molecule has 2 rings (SSSR count). The molecule has 0 aliphatic carbocycles. The van der Waals surface area contributed by atoms with Crippen LogP contribution in [0.4, 0.5) is 0 Å². The molecule has 0 amide bonds. The summed E-state index contributed by atoms with van der Waals surface area (Å²) in [7, 11) is 4.83. The van der Waals surface area contributed by atoms with Crippen LogP contribution < -0.4 is 15.4 Å². The van der Waals surface area contributed by atoms with E-state index in [1.54, 1.807) is 26.3 Å². The number of aliphatic imine (C=N–C) groups is 1. The number of carbonyl (C=O) groups is 1. The van der Waals surface area contributed by atoms with Crippen molar-refractivity contribution in [3.63, 3.8) is 0 Å². The van der Waals surface area contributed by atoms with Gasteiger partial charge >= 0.3 is 5.97 Å². The summed E-state index contributed by atoms with van der Waals surface area (Å²) in [5.74, 6) is 1.35. The van der Waals surface area contributed by atoms with Crippen LogP contribution >= 0.6 is 0 Å². The summed E-state index contributed by atoms with van der Waals surface area (Å²) in [4.78, 5) is 15.7. The molecule has 0 bridgehead atoms. The zero-order valence-corrected chi connectivity index (χ0v) is 17.0. The van der Waals surface area contributed by atoms with Crippen LogP contribution in [0.2, 0.25) is 0 Å². The number of methoxy groups -OCH3 is 2. The van der Waals surface area contributed by atoms with Crippen LogP contribution in [0.1, 0.15) is 27.0 Å². The highest BCUT2D eigenvalue weighted by molar-refractivity contribution is 5.89. The van der Waals surface area contributed by atoms with E-state index in [1.165, 1.54) is 18.2 Å². The standard InChI is InChI=1S/C22H29N3O3/c1-16-5-10-20(27-3)19(15-16)12-14-25-22(23-2)24-13-11-17-6-8-18(9-7-17)21(26)28-4/h5-10,15H,11-14H2,1-4H3,(H2,23,24,25). The second-order valence-electron chi connectivity index (χ2n) is 6.43. The molecule has 6 heteroatoms. The van der Waals surface area contributed by atoms with Gasteiger partial charge in [0.25, 0.3) is 0 Å². The average Bonchev–Trinajstić information content (AvgIpc) is 2.72.